The zero-order valence-electron chi connectivity index (χ0n) is 8.78. The Morgan fingerprint density at radius 2 is 2.12 bits per heavy atom. The van der Waals surface area contributed by atoms with Crippen LogP contribution in [-0.2, 0) is 5.54 Å². The molecule has 1 aliphatic heterocycles. The molecule has 1 saturated heterocycles. The summed E-state index contributed by atoms with van der Waals surface area (Å²) in [6, 6.07) is 6.41. The fourth-order valence-corrected chi connectivity index (χ4v) is 1.91. The van der Waals surface area contributed by atoms with E-state index in [4.69, 9.17) is 5.11 Å². The normalized spacial score (nSPS) is 23.7. The van der Waals surface area contributed by atoms with Crippen molar-refractivity contribution in [3.05, 3.63) is 35.4 Å². The van der Waals surface area contributed by atoms with Crippen molar-refractivity contribution in [3.8, 4) is 0 Å². The summed E-state index contributed by atoms with van der Waals surface area (Å²) in [5.41, 5.74) is 0.168. The van der Waals surface area contributed by atoms with E-state index in [0.717, 1.165) is 0 Å². The minimum Gasteiger partial charge on any atom is -0.478 e. The average molecular weight is 220 g/mol. The Labute approximate surface area is 92.5 Å². The molecule has 0 bridgehead atoms. The quantitative estimate of drug-likeness (QED) is 0.693. The van der Waals surface area contributed by atoms with Gasteiger partial charge in [-0.15, -0.1) is 0 Å². The van der Waals surface area contributed by atoms with Crippen LogP contribution in [-0.4, -0.2) is 23.7 Å². The SMILES string of the molecule is CC1(c2ccccc2C(=O)O)CNC(=O)N1. The Hall–Kier alpha value is -2.04. The number of carbonyl (C=O) groups is 2. The molecule has 84 valence electrons. The minimum atomic E-state index is -0.988. The van der Waals surface area contributed by atoms with Crippen LogP contribution in [0, 0.1) is 0 Å². The summed E-state index contributed by atoms with van der Waals surface area (Å²) in [7, 11) is 0. The van der Waals surface area contributed by atoms with E-state index >= 15 is 0 Å². The Balaban J connectivity index is 2.47. The summed E-state index contributed by atoms with van der Waals surface area (Å²) in [5.74, 6) is -0.988. The van der Waals surface area contributed by atoms with Crippen LogP contribution < -0.4 is 10.6 Å². The standard InChI is InChI=1S/C11H12N2O3/c1-11(6-12-10(16)13-11)8-5-3-2-4-7(8)9(14)15/h2-5H,6H2,1H3,(H,14,15)(H2,12,13,16). The smallest absolute Gasteiger partial charge is 0.336 e. The van der Waals surface area contributed by atoms with E-state index in [1.54, 1.807) is 25.1 Å². The zero-order chi connectivity index (χ0) is 11.8. The molecule has 5 heteroatoms. The largest absolute Gasteiger partial charge is 0.478 e. The monoisotopic (exact) mass is 220 g/mol. The first-order chi connectivity index (χ1) is 7.53. The number of hydrogen-bond acceptors (Lipinski definition) is 2. The van der Waals surface area contributed by atoms with Gasteiger partial charge in [-0.05, 0) is 18.6 Å². The number of urea groups is 1. The van der Waals surface area contributed by atoms with Crippen molar-refractivity contribution in [3.63, 3.8) is 0 Å². The van der Waals surface area contributed by atoms with Crippen LogP contribution in [0.15, 0.2) is 24.3 Å². The summed E-state index contributed by atoms with van der Waals surface area (Å²) in [6.07, 6.45) is 0. The topological polar surface area (TPSA) is 78.4 Å². The van der Waals surface area contributed by atoms with Crippen LogP contribution in [0.5, 0.6) is 0 Å². The number of carboxylic acids is 1. The van der Waals surface area contributed by atoms with Crippen LogP contribution in [0.3, 0.4) is 0 Å². The molecule has 2 rings (SSSR count). The number of benzene rings is 1. The van der Waals surface area contributed by atoms with Crippen LogP contribution in [0.4, 0.5) is 4.79 Å². The van der Waals surface area contributed by atoms with Crippen molar-refractivity contribution in [2.75, 3.05) is 6.54 Å². The summed E-state index contributed by atoms with van der Waals surface area (Å²) >= 11 is 0. The van der Waals surface area contributed by atoms with Crippen LogP contribution in [0.2, 0.25) is 0 Å². The molecule has 0 aliphatic carbocycles. The third kappa shape index (κ3) is 1.60. The Morgan fingerprint density at radius 3 is 2.69 bits per heavy atom. The van der Waals surface area contributed by atoms with E-state index in [0.29, 0.717) is 12.1 Å². The first-order valence-corrected chi connectivity index (χ1v) is 4.92. The lowest BCUT2D eigenvalue weighted by Gasteiger charge is -2.24. The molecule has 1 aromatic rings. The highest BCUT2D eigenvalue weighted by Gasteiger charge is 2.36. The van der Waals surface area contributed by atoms with Crippen molar-refractivity contribution in [2.24, 2.45) is 0 Å². The summed E-state index contributed by atoms with van der Waals surface area (Å²) < 4.78 is 0. The van der Waals surface area contributed by atoms with E-state index in [9.17, 15) is 9.59 Å². The molecule has 1 aliphatic rings. The number of aromatic carboxylic acids is 1. The van der Waals surface area contributed by atoms with Crippen LogP contribution in [0.25, 0.3) is 0 Å². The van der Waals surface area contributed by atoms with Gasteiger partial charge in [0.15, 0.2) is 0 Å². The molecule has 1 unspecified atom stereocenters. The third-order valence-electron chi connectivity index (χ3n) is 2.74. The van der Waals surface area contributed by atoms with E-state index < -0.39 is 11.5 Å². The predicted molar refractivity (Wildman–Crippen MR) is 57.3 cm³/mol. The van der Waals surface area contributed by atoms with Gasteiger partial charge >= 0.3 is 12.0 Å². The van der Waals surface area contributed by atoms with E-state index in [1.807, 2.05) is 0 Å². The summed E-state index contributed by atoms with van der Waals surface area (Å²) in [4.78, 5) is 22.2. The minimum absolute atomic E-state index is 0.217. The lowest BCUT2D eigenvalue weighted by atomic mass is 9.89. The summed E-state index contributed by atoms with van der Waals surface area (Å²) in [6.45, 7) is 2.18. The molecule has 2 amide bonds. The second-order valence-corrected chi connectivity index (χ2v) is 3.99. The third-order valence-corrected chi connectivity index (χ3v) is 2.74. The number of rotatable bonds is 2. The van der Waals surface area contributed by atoms with Gasteiger partial charge in [-0.1, -0.05) is 18.2 Å². The second kappa shape index (κ2) is 3.52. The van der Waals surface area contributed by atoms with Crippen molar-refractivity contribution in [2.45, 2.75) is 12.5 Å². The highest BCUT2D eigenvalue weighted by atomic mass is 16.4. The van der Waals surface area contributed by atoms with E-state index in [-0.39, 0.29) is 11.6 Å². The van der Waals surface area contributed by atoms with E-state index in [1.165, 1.54) is 6.07 Å². The molecule has 16 heavy (non-hydrogen) atoms. The lowest BCUT2D eigenvalue weighted by Crippen LogP contribution is -2.38. The predicted octanol–water partition coefficient (Wildman–Crippen LogP) is 0.913. The van der Waals surface area contributed by atoms with Gasteiger partial charge in [0.2, 0.25) is 0 Å². The molecule has 1 heterocycles. The van der Waals surface area contributed by atoms with Gasteiger partial charge < -0.3 is 15.7 Å². The molecule has 0 spiro atoms. The average Bonchev–Trinajstić information content (AvgIpc) is 2.60. The fraction of sp³-hybridized carbons (Fsp3) is 0.273. The highest BCUT2D eigenvalue weighted by Crippen LogP contribution is 2.26. The molecule has 5 nitrogen and oxygen atoms in total. The van der Waals surface area contributed by atoms with E-state index in [2.05, 4.69) is 10.6 Å². The number of amides is 2. The molecule has 1 fully saturated rings. The molecule has 0 radical (unpaired) electrons. The number of carbonyl (C=O) groups excluding carboxylic acids is 1. The lowest BCUT2D eigenvalue weighted by molar-refractivity contribution is 0.0693. The van der Waals surface area contributed by atoms with Crippen molar-refractivity contribution in [1.29, 1.82) is 0 Å². The Bertz CT molecular complexity index is 458. The van der Waals surface area contributed by atoms with Gasteiger partial charge in [-0.25, -0.2) is 9.59 Å². The summed E-state index contributed by atoms with van der Waals surface area (Å²) in [5, 5.41) is 14.4. The molecular formula is C11H12N2O3. The highest BCUT2D eigenvalue weighted by molar-refractivity contribution is 5.90. The maximum atomic E-state index is 11.1. The number of nitrogens with one attached hydrogen (secondary N) is 2. The molecule has 0 aromatic heterocycles. The van der Waals surface area contributed by atoms with Gasteiger partial charge in [0, 0.05) is 6.54 Å². The van der Waals surface area contributed by atoms with Crippen molar-refractivity contribution >= 4 is 12.0 Å². The van der Waals surface area contributed by atoms with Gasteiger partial charge in [-0.2, -0.15) is 0 Å². The molecule has 3 N–H and O–H groups in total. The second-order valence-electron chi connectivity index (χ2n) is 3.99. The first kappa shape index (κ1) is 10.5. The molecular weight excluding hydrogens is 208 g/mol. The maximum absolute atomic E-state index is 11.1. The van der Waals surface area contributed by atoms with Gasteiger partial charge in [0.25, 0.3) is 0 Å². The molecule has 1 atom stereocenters. The maximum Gasteiger partial charge on any atom is 0.336 e. The fourth-order valence-electron chi connectivity index (χ4n) is 1.91. The first-order valence-electron chi connectivity index (χ1n) is 4.92. The van der Waals surface area contributed by atoms with Crippen LogP contribution in [0.1, 0.15) is 22.8 Å². The van der Waals surface area contributed by atoms with Crippen LogP contribution >= 0.6 is 0 Å². The molecule has 0 saturated carbocycles. The number of carboxylic acid groups (broad SMARTS) is 1. The van der Waals surface area contributed by atoms with Crippen molar-refractivity contribution < 1.29 is 14.7 Å². The van der Waals surface area contributed by atoms with Gasteiger partial charge in [0.1, 0.15) is 0 Å². The van der Waals surface area contributed by atoms with Gasteiger partial charge in [0.05, 0.1) is 11.1 Å². The zero-order valence-corrected chi connectivity index (χ0v) is 8.78. The Morgan fingerprint density at radius 1 is 1.44 bits per heavy atom. The van der Waals surface area contributed by atoms with Gasteiger partial charge in [-0.3, -0.25) is 0 Å². The molecule has 1 aromatic carbocycles. The Kier molecular flexibility index (Phi) is 2.30. The number of hydrogen-bond donors (Lipinski definition) is 3. The van der Waals surface area contributed by atoms with Crippen molar-refractivity contribution in [1.82, 2.24) is 10.6 Å².